The Kier molecular flexibility index (Phi) is 3.84. The van der Waals surface area contributed by atoms with Crippen LogP contribution in [-0.4, -0.2) is 54.2 Å². The Morgan fingerprint density at radius 2 is 2.38 bits per heavy atom. The zero-order chi connectivity index (χ0) is 9.84. The van der Waals surface area contributed by atoms with Gasteiger partial charge in [-0.3, -0.25) is 9.69 Å². The second kappa shape index (κ2) is 4.69. The van der Waals surface area contributed by atoms with Crippen molar-refractivity contribution < 1.29 is 14.6 Å². The monoisotopic (exact) mass is 187 g/mol. The van der Waals surface area contributed by atoms with Crippen LogP contribution in [-0.2, 0) is 9.53 Å². The zero-order valence-corrected chi connectivity index (χ0v) is 8.19. The van der Waals surface area contributed by atoms with E-state index in [9.17, 15) is 9.90 Å². The number of Topliss-reactive ketones (excluding diaryl/α,β-unsaturated/α-hetero) is 1. The molecule has 1 aliphatic heterocycles. The van der Waals surface area contributed by atoms with Gasteiger partial charge in [-0.2, -0.15) is 0 Å². The van der Waals surface area contributed by atoms with E-state index in [4.69, 9.17) is 4.74 Å². The highest BCUT2D eigenvalue weighted by Crippen LogP contribution is 2.05. The summed E-state index contributed by atoms with van der Waals surface area (Å²) in [5, 5.41) is 9.41. The number of hydrogen-bond acceptors (Lipinski definition) is 4. The quantitative estimate of drug-likeness (QED) is 0.642. The predicted octanol–water partition coefficient (Wildman–Crippen LogP) is -0.343. The van der Waals surface area contributed by atoms with Crippen LogP contribution in [0.15, 0.2) is 0 Å². The minimum atomic E-state index is -0.468. The predicted molar refractivity (Wildman–Crippen MR) is 48.5 cm³/mol. The van der Waals surface area contributed by atoms with Gasteiger partial charge in [0.25, 0.3) is 0 Å². The first-order valence-corrected chi connectivity index (χ1v) is 4.61. The number of carbonyl (C=O) groups excluding carboxylic acids is 1. The van der Waals surface area contributed by atoms with E-state index in [2.05, 4.69) is 0 Å². The molecule has 4 heteroatoms. The summed E-state index contributed by atoms with van der Waals surface area (Å²) in [6.07, 6.45) is -0.468. The third kappa shape index (κ3) is 3.06. The van der Waals surface area contributed by atoms with Crippen LogP contribution in [0.3, 0.4) is 0 Å². The van der Waals surface area contributed by atoms with Crippen molar-refractivity contribution in [3.05, 3.63) is 0 Å². The van der Waals surface area contributed by atoms with Gasteiger partial charge in [0.15, 0.2) is 0 Å². The summed E-state index contributed by atoms with van der Waals surface area (Å²) < 4.78 is 5.16. The summed E-state index contributed by atoms with van der Waals surface area (Å²) in [6.45, 7) is 5.65. The summed E-state index contributed by atoms with van der Waals surface area (Å²) >= 11 is 0. The number of ketones is 1. The summed E-state index contributed by atoms with van der Waals surface area (Å²) in [4.78, 5) is 13.1. The number of rotatable bonds is 2. The molecule has 1 N–H and O–H groups in total. The lowest BCUT2D eigenvalue weighted by Crippen LogP contribution is -2.42. The Morgan fingerprint density at radius 1 is 1.69 bits per heavy atom. The number of carbonyl (C=O) groups is 1. The summed E-state index contributed by atoms with van der Waals surface area (Å²) in [6, 6.07) is -0.114. The molecule has 0 radical (unpaired) electrons. The second-order valence-corrected chi connectivity index (χ2v) is 3.51. The lowest BCUT2D eigenvalue weighted by Gasteiger charge is -2.25. The SMILES string of the molecule is CC(=O)C(C)N1CCOCC(O)C1. The minimum Gasteiger partial charge on any atom is -0.389 e. The molecule has 1 rings (SSSR count). The Morgan fingerprint density at radius 3 is 3.00 bits per heavy atom. The number of hydrogen-bond donors (Lipinski definition) is 1. The molecule has 0 aromatic heterocycles. The molecule has 0 saturated carbocycles. The minimum absolute atomic E-state index is 0.114. The number of ether oxygens (including phenoxy) is 1. The molecule has 2 unspecified atom stereocenters. The average Bonchev–Trinajstić information content (AvgIpc) is 2.28. The molecule has 0 aliphatic carbocycles. The molecule has 0 bridgehead atoms. The highest BCUT2D eigenvalue weighted by molar-refractivity contribution is 5.80. The van der Waals surface area contributed by atoms with Crippen molar-refractivity contribution in [1.29, 1.82) is 0 Å². The third-order valence-electron chi connectivity index (χ3n) is 2.41. The van der Waals surface area contributed by atoms with Gasteiger partial charge in [-0.15, -0.1) is 0 Å². The van der Waals surface area contributed by atoms with Gasteiger partial charge in [0.05, 0.1) is 25.4 Å². The Bertz CT molecular complexity index is 184. The molecular weight excluding hydrogens is 170 g/mol. The van der Waals surface area contributed by atoms with Crippen LogP contribution in [0.1, 0.15) is 13.8 Å². The van der Waals surface area contributed by atoms with Gasteiger partial charge >= 0.3 is 0 Å². The Hall–Kier alpha value is -0.450. The number of aliphatic hydroxyl groups is 1. The maximum absolute atomic E-state index is 11.1. The fourth-order valence-electron chi connectivity index (χ4n) is 1.42. The van der Waals surface area contributed by atoms with Crippen LogP contribution in [0.25, 0.3) is 0 Å². The number of nitrogens with zero attached hydrogens (tertiary/aromatic N) is 1. The largest absolute Gasteiger partial charge is 0.389 e. The maximum Gasteiger partial charge on any atom is 0.146 e. The van der Waals surface area contributed by atoms with E-state index in [1.165, 1.54) is 0 Å². The van der Waals surface area contributed by atoms with Crippen LogP contribution in [0.5, 0.6) is 0 Å². The van der Waals surface area contributed by atoms with Gasteiger partial charge in [0.2, 0.25) is 0 Å². The third-order valence-corrected chi connectivity index (χ3v) is 2.41. The summed E-state index contributed by atoms with van der Waals surface area (Å²) in [5.74, 6) is 0.133. The number of β-amino-alcohol motifs (C(OH)–C–C–N with tert-alkyl or cyclic N) is 1. The van der Waals surface area contributed by atoms with E-state index in [0.717, 1.165) is 6.54 Å². The molecule has 0 spiro atoms. The van der Waals surface area contributed by atoms with Gasteiger partial charge in [-0.25, -0.2) is 0 Å². The average molecular weight is 187 g/mol. The van der Waals surface area contributed by atoms with E-state index in [1.807, 2.05) is 11.8 Å². The van der Waals surface area contributed by atoms with E-state index in [-0.39, 0.29) is 11.8 Å². The van der Waals surface area contributed by atoms with Crippen molar-refractivity contribution in [2.45, 2.75) is 26.0 Å². The fourth-order valence-corrected chi connectivity index (χ4v) is 1.42. The molecule has 1 heterocycles. The van der Waals surface area contributed by atoms with Gasteiger partial charge in [-0.1, -0.05) is 0 Å². The molecule has 1 fully saturated rings. The first-order chi connectivity index (χ1) is 6.11. The van der Waals surface area contributed by atoms with E-state index in [1.54, 1.807) is 6.92 Å². The zero-order valence-electron chi connectivity index (χ0n) is 8.19. The van der Waals surface area contributed by atoms with Crippen LogP contribution >= 0.6 is 0 Å². The maximum atomic E-state index is 11.1. The van der Waals surface area contributed by atoms with E-state index in [0.29, 0.717) is 19.8 Å². The molecule has 2 atom stereocenters. The van der Waals surface area contributed by atoms with Crippen molar-refractivity contribution in [2.75, 3.05) is 26.3 Å². The molecule has 0 amide bonds. The molecule has 4 nitrogen and oxygen atoms in total. The topological polar surface area (TPSA) is 49.8 Å². The molecular formula is C9H17NO3. The molecule has 13 heavy (non-hydrogen) atoms. The van der Waals surface area contributed by atoms with Crippen LogP contribution in [0.4, 0.5) is 0 Å². The first-order valence-electron chi connectivity index (χ1n) is 4.61. The van der Waals surface area contributed by atoms with Crippen molar-refractivity contribution in [2.24, 2.45) is 0 Å². The van der Waals surface area contributed by atoms with Crippen LogP contribution in [0, 0.1) is 0 Å². The smallest absolute Gasteiger partial charge is 0.146 e. The lowest BCUT2D eigenvalue weighted by molar-refractivity contribution is -0.121. The highest BCUT2D eigenvalue weighted by Gasteiger charge is 2.22. The Labute approximate surface area is 78.5 Å². The van der Waals surface area contributed by atoms with Gasteiger partial charge < -0.3 is 9.84 Å². The Balaban J connectivity index is 2.51. The second-order valence-electron chi connectivity index (χ2n) is 3.51. The molecule has 0 aromatic rings. The molecule has 1 aliphatic rings. The molecule has 0 aromatic carbocycles. The van der Waals surface area contributed by atoms with Crippen LogP contribution < -0.4 is 0 Å². The summed E-state index contributed by atoms with van der Waals surface area (Å²) in [5.41, 5.74) is 0. The van der Waals surface area contributed by atoms with Crippen LogP contribution in [0.2, 0.25) is 0 Å². The molecule has 1 saturated heterocycles. The van der Waals surface area contributed by atoms with Gasteiger partial charge in [0, 0.05) is 13.1 Å². The summed E-state index contributed by atoms with van der Waals surface area (Å²) in [7, 11) is 0. The lowest BCUT2D eigenvalue weighted by atomic mass is 10.2. The van der Waals surface area contributed by atoms with Crippen molar-refractivity contribution in [1.82, 2.24) is 4.90 Å². The van der Waals surface area contributed by atoms with E-state index >= 15 is 0 Å². The van der Waals surface area contributed by atoms with Gasteiger partial charge in [0.1, 0.15) is 5.78 Å². The fraction of sp³-hybridized carbons (Fsp3) is 0.889. The van der Waals surface area contributed by atoms with E-state index < -0.39 is 6.10 Å². The van der Waals surface area contributed by atoms with Crippen molar-refractivity contribution >= 4 is 5.78 Å². The highest BCUT2D eigenvalue weighted by atomic mass is 16.5. The number of aliphatic hydroxyl groups excluding tert-OH is 1. The van der Waals surface area contributed by atoms with Gasteiger partial charge in [-0.05, 0) is 13.8 Å². The van der Waals surface area contributed by atoms with Crippen molar-refractivity contribution in [3.63, 3.8) is 0 Å². The normalized spacial score (nSPS) is 28.1. The standard InChI is InChI=1S/C9H17NO3/c1-7(8(2)11)10-3-4-13-6-9(12)5-10/h7,9,12H,3-6H2,1-2H3. The molecule has 76 valence electrons. The first kappa shape index (κ1) is 10.6. The van der Waals surface area contributed by atoms with Crippen molar-refractivity contribution in [3.8, 4) is 0 Å².